The predicted octanol–water partition coefficient (Wildman–Crippen LogP) is 2.75. The molecule has 4 heteroatoms. The summed E-state index contributed by atoms with van der Waals surface area (Å²) in [6.45, 7) is 2.71. The van der Waals surface area contributed by atoms with Crippen molar-refractivity contribution in [1.82, 2.24) is 15.1 Å². The van der Waals surface area contributed by atoms with Gasteiger partial charge in [-0.05, 0) is 31.4 Å². The first-order chi connectivity index (χ1) is 10.2. The lowest BCUT2D eigenvalue weighted by molar-refractivity contribution is 0.360. The molecule has 1 heterocycles. The van der Waals surface area contributed by atoms with Crippen molar-refractivity contribution in [3.05, 3.63) is 53.9 Å². The van der Waals surface area contributed by atoms with Crippen molar-refractivity contribution in [1.29, 1.82) is 5.26 Å². The number of aromatic nitrogens is 2. The second-order valence-electron chi connectivity index (χ2n) is 5.77. The minimum absolute atomic E-state index is 0.476. The maximum Gasteiger partial charge on any atom is 0.134 e. The van der Waals surface area contributed by atoms with Crippen LogP contribution in [0.15, 0.2) is 42.6 Å². The molecule has 0 saturated heterocycles. The summed E-state index contributed by atoms with van der Waals surface area (Å²) in [6, 6.07) is 15.0. The zero-order valence-corrected chi connectivity index (χ0v) is 12.3. The van der Waals surface area contributed by atoms with Gasteiger partial charge in [0.05, 0.1) is 11.8 Å². The monoisotopic (exact) mass is 280 g/mol. The number of benzene rings is 1. The molecule has 1 unspecified atom stereocenters. The van der Waals surface area contributed by atoms with E-state index >= 15 is 0 Å². The highest BCUT2D eigenvalue weighted by Gasteiger charge is 2.37. The molecule has 1 aliphatic rings. The molecule has 1 aliphatic carbocycles. The standard InChI is InChI=1S/C17H20N4/c1-14-9-11-21(20-14)12-10-17(13-18,19-16-7-8-16)15-5-3-2-4-6-15/h2-6,9,11,16,19H,7-8,10,12H2,1H3. The van der Waals surface area contributed by atoms with Crippen LogP contribution in [0.4, 0.5) is 0 Å². The largest absolute Gasteiger partial charge is 0.293 e. The number of hydrogen-bond acceptors (Lipinski definition) is 3. The van der Waals surface area contributed by atoms with Crippen LogP contribution in [0.5, 0.6) is 0 Å². The minimum Gasteiger partial charge on any atom is -0.293 e. The van der Waals surface area contributed by atoms with E-state index in [0.717, 1.165) is 30.6 Å². The highest BCUT2D eigenvalue weighted by Crippen LogP contribution is 2.31. The fourth-order valence-electron chi connectivity index (χ4n) is 2.62. The lowest BCUT2D eigenvalue weighted by atomic mass is 9.87. The van der Waals surface area contributed by atoms with Crippen molar-refractivity contribution < 1.29 is 0 Å². The second-order valence-corrected chi connectivity index (χ2v) is 5.77. The summed E-state index contributed by atoms with van der Waals surface area (Å²) in [4.78, 5) is 0. The van der Waals surface area contributed by atoms with Gasteiger partial charge in [-0.25, -0.2) is 0 Å². The van der Waals surface area contributed by atoms with E-state index in [9.17, 15) is 5.26 Å². The van der Waals surface area contributed by atoms with Gasteiger partial charge in [0, 0.05) is 25.2 Å². The molecule has 0 amide bonds. The summed E-state index contributed by atoms with van der Waals surface area (Å²) in [5.74, 6) is 0. The SMILES string of the molecule is Cc1ccn(CCC(C#N)(NC2CC2)c2ccccc2)n1. The number of hydrogen-bond donors (Lipinski definition) is 1. The van der Waals surface area contributed by atoms with Crippen LogP contribution < -0.4 is 5.32 Å². The Labute approximate surface area is 125 Å². The molecule has 0 radical (unpaired) electrons. The maximum absolute atomic E-state index is 9.85. The molecule has 108 valence electrons. The van der Waals surface area contributed by atoms with Crippen LogP contribution in [0.25, 0.3) is 0 Å². The fraction of sp³-hybridized carbons (Fsp3) is 0.412. The zero-order chi connectivity index (χ0) is 14.7. The quantitative estimate of drug-likeness (QED) is 0.885. The van der Waals surface area contributed by atoms with E-state index in [0.29, 0.717) is 12.5 Å². The average Bonchev–Trinajstić information content (AvgIpc) is 3.24. The van der Waals surface area contributed by atoms with Crippen molar-refractivity contribution in [3.63, 3.8) is 0 Å². The molecule has 1 saturated carbocycles. The van der Waals surface area contributed by atoms with Crippen LogP contribution >= 0.6 is 0 Å². The van der Waals surface area contributed by atoms with Crippen LogP contribution in [0, 0.1) is 18.3 Å². The summed E-state index contributed by atoms with van der Waals surface area (Å²) in [5.41, 5.74) is 1.43. The van der Waals surface area contributed by atoms with Crippen molar-refractivity contribution in [2.24, 2.45) is 0 Å². The van der Waals surface area contributed by atoms with Crippen LogP contribution in [-0.2, 0) is 12.1 Å². The number of aryl methyl sites for hydroxylation is 2. The van der Waals surface area contributed by atoms with Gasteiger partial charge in [-0.1, -0.05) is 30.3 Å². The van der Waals surface area contributed by atoms with Crippen molar-refractivity contribution in [3.8, 4) is 6.07 Å². The van der Waals surface area contributed by atoms with Gasteiger partial charge >= 0.3 is 0 Å². The van der Waals surface area contributed by atoms with Gasteiger partial charge < -0.3 is 0 Å². The summed E-state index contributed by atoms with van der Waals surface area (Å²) in [5, 5.41) is 17.8. The molecule has 0 bridgehead atoms. The third-order valence-electron chi connectivity index (χ3n) is 3.98. The molecule has 1 aromatic carbocycles. The van der Waals surface area contributed by atoms with Crippen LogP contribution in [0.3, 0.4) is 0 Å². The smallest absolute Gasteiger partial charge is 0.134 e. The zero-order valence-electron chi connectivity index (χ0n) is 12.3. The van der Waals surface area contributed by atoms with E-state index in [1.165, 1.54) is 0 Å². The summed E-state index contributed by atoms with van der Waals surface area (Å²) < 4.78 is 1.92. The lowest BCUT2D eigenvalue weighted by Gasteiger charge is -2.28. The topological polar surface area (TPSA) is 53.6 Å². The normalized spacial score (nSPS) is 17.1. The molecule has 1 atom stereocenters. The number of nitriles is 1. The Kier molecular flexibility index (Phi) is 3.76. The van der Waals surface area contributed by atoms with Gasteiger partial charge in [-0.15, -0.1) is 0 Å². The molecule has 4 nitrogen and oxygen atoms in total. The lowest BCUT2D eigenvalue weighted by Crippen LogP contribution is -2.43. The molecular formula is C17H20N4. The van der Waals surface area contributed by atoms with E-state index in [1.807, 2.05) is 54.2 Å². The molecule has 1 aromatic heterocycles. The molecule has 1 N–H and O–H groups in total. The van der Waals surface area contributed by atoms with Gasteiger partial charge in [0.2, 0.25) is 0 Å². The van der Waals surface area contributed by atoms with E-state index in [-0.39, 0.29) is 0 Å². The van der Waals surface area contributed by atoms with Crippen LogP contribution in [-0.4, -0.2) is 15.8 Å². The van der Waals surface area contributed by atoms with Gasteiger partial charge in [-0.2, -0.15) is 10.4 Å². The third-order valence-corrected chi connectivity index (χ3v) is 3.98. The Morgan fingerprint density at radius 3 is 2.67 bits per heavy atom. The van der Waals surface area contributed by atoms with E-state index in [1.54, 1.807) is 0 Å². The number of nitrogens with one attached hydrogen (secondary N) is 1. The van der Waals surface area contributed by atoms with Crippen molar-refractivity contribution in [2.45, 2.75) is 44.3 Å². The van der Waals surface area contributed by atoms with Gasteiger partial charge in [-0.3, -0.25) is 10.00 Å². The Morgan fingerprint density at radius 2 is 2.10 bits per heavy atom. The third kappa shape index (κ3) is 3.14. The first-order valence-corrected chi connectivity index (χ1v) is 7.46. The van der Waals surface area contributed by atoms with Crippen molar-refractivity contribution >= 4 is 0 Å². The average molecular weight is 280 g/mol. The number of nitrogens with zero attached hydrogens (tertiary/aromatic N) is 3. The van der Waals surface area contributed by atoms with E-state index in [2.05, 4.69) is 16.5 Å². The summed E-state index contributed by atoms with van der Waals surface area (Å²) in [7, 11) is 0. The molecule has 1 fully saturated rings. The fourth-order valence-corrected chi connectivity index (χ4v) is 2.62. The summed E-state index contributed by atoms with van der Waals surface area (Å²) >= 11 is 0. The van der Waals surface area contributed by atoms with Gasteiger partial charge in [0.1, 0.15) is 5.54 Å². The Morgan fingerprint density at radius 1 is 1.33 bits per heavy atom. The minimum atomic E-state index is -0.623. The molecule has 0 spiro atoms. The van der Waals surface area contributed by atoms with Crippen molar-refractivity contribution in [2.75, 3.05) is 0 Å². The van der Waals surface area contributed by atoms with Gasteiger partial charge in [0.15, 0.2) is 0 Å². The van der Waals surface area contributed by atoms with Gasteiger partial charge in [0.25, 0.3) is 0 Å². The van der Waals surface area contributed by atoms with Crippen LogP contribution in [0.2, 0.25) is 0 Å². The molecule has 3 rings (SSSR count). The second kappa shape index (κ2) is 5.71. The van der Waals surface area contributed by atoms with Crippen LogP contribution in [0.1, 0.15) is 30.5 Å². The molecular weight excluding hydrogens is 260 g/mol. The molecule has 21 heavy (non-hydrogen) atoms. The highest BCUT2D eigenvalue weighted by molar-refractivity contribution is 5.32. The Hall–Kier alpha value is -2.12. The maximum atomic E-state index is 9.85. The first-order valence-electron chi connectivity index (χ1n) is 7.46. The molecule has 2 aromatic rings. The first kappa shape index (κ1) is 13.8. The summed E-state index contributed by atoms with van der Waals surface area (Å²) in [6.07, 6.45) is 5.01. The van der Waals surface area contributed by atoms with E-state index in [4.69, 9.17) is 0 Å². The Balaban J connectivity index is 1.82. The number of rotatable bonds is 6. The highest BCUT2D eigenvalue weighted by atomic mass is 15.3. The predicted molar refractivity (Wildman–Crippen MR) is 81.5 cm³/mol. The van der Waals surface area contributed by atoms with E-state index < -0.39 is 5.54 Å². The molecule has 0 aliphatic heterocycles. The Bertz CT molecular complexity index is 636.